The predicted octanol–water partition coefficient (Wildman–Crippen LogP) is 14.2. The number of carboxylic acids is 1. The molecule has 1 aliphatic heterocycles. The van der Waals surface area contributed by atoms with E-state index >= 15 is 0 Å². The molecule has 1 rings (SSSR count). The number of hydrogen-bond acceptors (Lipinski definition) is 11. The Morgan fingerprint density at radius 2 is 0.887 bits per heavy atom. The molecule has 1 fully saturated rings. The van der Waals surface area contributed by atoms with Crippen molar-refractivity contribution in [3.8, 4) is 0 Å². The fourth-order valence-electron chi connectivity index (χ4n) is 8.54. The molecule has 6 unspecified atom stereocenters. The molecule has 12 nitrogen and oxygen atoms in total. The van der Waals surface area contributed by atoms with E-state index in [-0.39, 0.29) is 25.9 Å². The molecule has 0 aromatic heterocycles. The maximum absolute atomic E-state index is 13.1. The third-order valence-electron chi connectivity index (χ3n) is 12.9. The second-order valence-electron chi connectivity index (χ2n) is 19.6. The van der Waals surface area contributed by atoms with Crippen molar-refractivity contribution in [3.05, 3.63) is 48.6 Å². The normalized spacial score (nSPS) is 18.8. The monoisotopic (exact) mass is 1000 g/mol. The van der Waals surface area contributed by atoms with Crippen LogP contribution in [-0.2, 0) is 42.9 Å². The van der Waals surface area contributed by atoms with E-state index in [1.165, 1.54) is 109 Å². The number of unbranched alkanes of at least 4 members (excludes halogenated alkanes) is 26. The van der Waals surface area contributed by atoms with Crippen molar-refractivity contribution in [1.29, 1.82) is 0 Å². The second kappa shape index (κ2) is 47.7. The van der Waals surface area contributed by atoms with E-state index in [2.05, 4.69) is 69.4 Å². The van der Waals surface area contributed by atoms with E-state index in [0.29, 0.717) is 19.3 Å². The third-order valence-corrected chi connectivity index (χ3v) is 12.9. The van der Waals surface area contributed by atoms with Gasteiger partial charge in [-0.15, -0.1) is 0 Å². The largest absolute Gasteiger partial charge is 0.479 e. The number of aliphatic carboxylic acids is 1. The molecule has 1 heterocycles. The topological polar surface area (TPSA) is 175 Å². The van der Waals surface area contributed by atoms with Gasteiger partial charge in [-0.05, 0) is 57.8 Å². The van der Waals surface area contributed by atoms with E-state index in [4.69, 9.17) is 23.7 Å². The highest BCUT2D eigenvalue weighted by Gasteiger charge is 2.50. The second-order valence-corrected chi connectivity index (χ2v) is 19.6. The van der Waals surface area contributed by atoms with Crippen LogP contribution in [0.25, 0.3) is 0 Å². The number of hydrogen-bond donors (Lipinski definition) is 3. The Morgan fingerprint density at radius 3 is 1.35 bits per heavy atom. The van der Waals surface area contributed by atoms with Gasteiger partial charge in [0.2, 0.25) is 0 Å². The highest BCUT2D eigenvalue weighted by atomic mass is 16.7. The van der Waals surface area contributed by atoms with E-state index in [9.17, 15) is 34.5 Å². The van der Waals surface area contributed by atoms with Crippen LogP contribution in [0.5, 0.6) is 0 Å². The van der Waals surface area contributed by atoms with Gasteiger partial charge in [0.15, 0.2) is 24.6 Å². The van der Waals surface area contributed by atoms with Gasteiger partial charge in [-0.2, -0.15) is 0 Å². The van der Waals surface area contributed by atoms with Crippen LogP contribution >= 0.6 is 0 Å². The maximum Gasteiger partial charge on any atom is 0.335 e. The number of aliphatic hydroxyl groups is 2. The summed E-state index contributed by atoms with van der Waals surface area (Å²) < 4.78 is 28.3. The summed E-state index contributed by atoms with van der Waals surface area (Å²) in [4.78, 5) is 51.0. The number of carbonyl (C=O) groups is 4. The summed E-state index contributed by atoms with van der Waals surface area (Å²) in [5.74, 6) is -3.16. The molecule has 0 bridgehead atoms. The van der Waals surface area contributed by atoms with Gasteiger partial charge in [0.25, 0.3) is 0 Å². The van der Waals surface area contributed by atoms with Crippen LogP contribution in [0.4, 0.5) is 0 Å². The van der Waals surface area contributed by atoms with Gasteiger partial charge in [0.1, 0.15) is 18.8 Å². The fourth-order valence-corrected chi connectivity index (χ4v) is 8.54. The van der Waals surface area contributed by atoms with Crippen LogP contribution in [0, 0.1) is 0 Å². The molecule has 0 aromatic rings. The summed E-state index contributed by atoms with van der Waals surface area (Å²) in [6, 6.07) is 0. The molecular weight excluding hydrogens is 901 g/mol. The first-order valence-corrected chi connectivity index (χ1v) is 28.6. The van der Waals surface area contributed by atoms with E-state index < -0.39 is 67.3 Å². The Hall–Kier alpha value is -3.32. The lowest BCUT2D eigenvalue weighted by Gasteiger charge is -2.40. The molecular formula is C59H102O12. The zero-order valence-corrected chi connectivity index (χ0v) is 45.0. The molecule has 0 spiro atoms. The first kappa shape index (κ1) is 65.7. The molecule has 0 amide bonds. The van der Waals surface area contributed by atoms with Gasteiger partial charge < -0.3 is 39.0 Å². The lowest BCUT2D eigenvalue weighted by atomic mass is 9.98. The van der Waals surface area contributed by atoms with Crippen molar-refractivity contribution < 1.29 is 58.2 Å². The molecule has 410 valence electrons. The van der Waals surface area contributed by atoms with Crippen molar-refractivity contribution in [2.75, 3.05) is 13.2 Å². The standard InChI is InChI=1S/C59H102O12/c1-4-7-10-13-16-19-22-24-26-28-31-33-36-39-42-45-51(60)67-48-50(69-52(61)46-43-40-37-35-32-29-27-25-23-20-17-14-11-8-5-2)49-68-59-57(55(64)54(63)56(71-59)58(65)66)70-53(62)47-44-41-38-34-30-21-18-15-12-9-6-3/h7,10,16,19,24,26,31,33,50,54-57,59,63-64H,4-6,8-9,11-15,17-18,20-23,25,27-30,32,34-49H2,1-3H3,(H,65,66)/b10-7-,19-16-,26-24-,33-31-. The Kier molecular flexibility index (Phi) is 44.1. The summed E-state index contributed by atoms with van der Waals surface area (Å²) in [6.07, 6.45) is 43.8. The van der Waals surface area contributed by atoms with Gasteiger partial charge in [0.05, 0.1) is 6.61 Å². The molecule has 0 aromatic carbocycles. The van der Waals surface area contributed by atoms with Gasteiger partial charge >= 0.3 is 23.9 Å². The van der Waals surface area contributed by atoms with Crippen molar-refractivity contribution in [2.24, 2.45) is 0 Å². The molecule has 0 radical (unpaired) electrons. The number of carboxylic acid groups (broad SMARTS) is 1. The van der Waals surface area contributed by atoms with Gasteiger partial charge in [-0.3, -0.25) is 14.4 Å². The van der Waals surface area contributed by atoms with Crippen LogP contribution in [0.15, 0.2) is 48.6 Å². The summed E-state index contributed by atoms with van der Waals surface area (Å²) in [5.41, 5.74) is 0. The van der Waals surface area contributed by atoms with Crippen LogP contribution in [0.3, 0.4) is 0 Å². The molecule has 3 N–H and O–H groups in total. The summed E-state index contributed by atoms with van der Waals surface area (Å²) >= 11 is 0. The highest BCUT2D eigenvalue weighted by Crippen LogP contribution is 2.26. The minimum absolute atomic E-state index is 0.0599. The van der Waals surface area contributed by atoms with Crippen LogP contribution in [0.1, 0.15) is 252 Å². The van der Waals surface area contributed by atoms with Crippen molar-refractivity contribution in [1.82, 2.24) is 0 Å². The number of rotatable bonds is 48. The molecule has 0 saturated carbocycles. The summed E-state index contributed by atoms with van der Waals surface area (Å²) in [5, 5.41) is 31.4. The van der Waals surface area contributed by atoms with Crippen LogP contribution in [0.2, 0.25) is 0 Å². The number of carbonyl (C=O) groups excluding carboxylic acids is 3. The van der Waals surface area contributed by atoms with Crippen LogP contribution in [-0.4, -0.2) is 89.2 Å². The average Bonchev–Trinajstić information content (AvgIpc) is 3.35. The van der Waals surface area contributed by atoms with Gasteiger partial charge in [0, 0.05) is 19.3 Å². The van der Waals surface area contributed by atoms with Crippen molar-refractivity contribution in [2.45, 2.75) is 289 Å². The molecule has 6 atom stereocenters. The quantitative estimate of drug-likeness (QED) is 0.0228. The highest BCUT2D eigenvalue weighted by molar-refractivity contribution is 5.74. The van der Waals surface area contributed by atoms with Gasteiger partial charge in [-0.25, -0.2) is 4.79 Å². The van der Waals surface area contributed by atoms with E-state index in [0.717, 1.165) is 83.5 Å². The first-order chi connectivity index (χ1) is 34.6. The summed E-state index contributed by atoms with van der Waals surface area (Å²) in [7, 11) is 0. The molecule has 0 aliphatic carbocycles. The number of aliphatic hydroxyl groups excluding tert-OH is 2. The predicted molar refractivity (Wildman–Crippen MR) is 285 cm³/mol. The first-order valence-electron chi connectivity index (χ1n) is 28.6. The lowest BCUT2D eigenvalue weighted by Crippen LogP contribution is -2.61. The van der Waals surface area contributed by atoms with E-state index in [1.807, 2.05) is 0 Å². The van der Waals surface area contributed by atoms with Crippen LogP contribution < -0.4 is 0 Å². The van der Waals surface area contributed by atoms with E-state index in [1.54, 1.807) is 0 Å². The number of esters is 3. The fraction of sp³-hybridized carbons (Fsp3) is 0.797. The minimum atomic E-state index is -1.90. The zero-order chi connectivity index (χ0) is 51.8. The Balaban J connectivity index is 2.72. The molecule has 12 heteroatoms. The smallest absolute Gasteiger partial charge is 0.335 e. The Morgan fingerprint density at radius 1 is 0.479 bits per heavy atom. The Bertz CT molecular complexity index is 1420. The zero-order valence-electron chi connectivity index (χ0n) is 45.0. The maximum atomic E-state index is 13.1. The lowest BCUT2D eigenvalue weighted by molar-refractivity contribution is -0.301. The van der Waals surface area contributed by atoms with Crippen molar-refractivity contribution >= 4 is 23.9 Å². The van der Waals surface area contributed by atoms with Gasteiger partial charge in [-0.1, -0.05) is 223 Å². The van der Waals surface area contributed by atoms with Crippen molar-refractivity contribution in [3.63, 3.8) is 0 Å². The molecule has 1 aliphatic rings. The Labute approximate surface area is 431 Å². The minimum Gasteiger partial charge on any atom is -0.479 e. The SMILES string of the molecule is CC/C=C\C/C=C\C/C=C\C/C=C\CCCCC(=O)OCC(COC1OC(C(=O)O)C(O)C(O)C1OC(=O)CCCCCCCCCCCCC)OC(=O)CCCCCCCCCCCCCCCCC. The molecule has 71 heavy (non-hydrogen) atoms. The number of allylic oxidation sites excluding steroid dienone is 8. The third kappa shape index (κ3) is 38.0. The average molecular weight is 1000 g/mol. The molecule has 1 saturated heterocycles. The summed E-state index contributed by atoms with van der Waals surface area (Å²) in [6.45, 7) is 5.84. The number of ether oxygens (including phenoxy) is 5.